The number of anilines is 1. The zero-order chi connectivity index (χ0) is 18.4. The highest BCUT2D eigenvalue weighted by Gasteiger charge is 2.57. The van der Waals surface area contributed by atoms with Crippen LogP contribution < -0.4 is 10.6 Å². The van der Waals surface area contributed by atoms with Crippen molar-refractivity contribution in [2.24, 2.45) is 5.41 Å². The third kappa shape index (κ3) is 2.41. The van der Waals surface area contributed by atoms with Crippen LogP contribution in [0.2, 0.25) is 5.28 Å². The minimum atomic E-state index is -1.54. The Hall–Kier alpha value is -2.41. The highest BCUT2D eigenvalue weighted by molar-refractivity contribution is 6.28. The second-order valence-electron chi connectivity index (χ2n) is 5.82. The van der Waals surface area contributed by atoms with E-state index in [1.54, 1.807) is 11.6 Å². The summed E-state index contributed by atoms with van der Waals surface area (Å²) >= 11 is 5.95. The lowest BCUT2D eigenvalue weighted by Crippen LogP contribution is -2.46. The number of carbonyl (C=O) groups excluding carboxylic acids is 1. The molecule has 1 aliphatic carbocycles. The maximum atomic E-state index is 12.3. The molecule has 25 heavy (non-hydrogen) atoms. The lowest BCUT2D eigenvalue weighted by atomic mass is 9.83. The first-order chi connectivity index (χ1) is 11.9. The van der Waals surface area contributed by atoms with E-state index in [1.807, 2.05) is 0 Å². The van der Waals surface area contributed by atoms with Gasteiger partial charge in [-0.1, -0.05) is 5.92 Å². The van der Waals surface area contributed by atoms with Gasteiger partial charge in [0.25, 0.3) is 0 Å². The molecule has 2 aromatic rings. The summed E-state index contributed by atoms with van der Waals surface area (Å²) in [5, 5.41) is 26.3. The molecule has 1 aliphatic rings. The number of fused-ring (bicyclic) bond motifs is 1. The molecule has 0 bridgehead atoms. The number of hydrogen-bond donors (Lipinski definition) is 4. The van der Waals surface area contributed by atoms with Gasteiger partial charge in [-0.2, -0.15) is 9.97 Å². The number of halogens is 1. The van der Waals surface area contributed by atoms with Crippen molar-refractivity contribution >= 4 is 34.5 Å². The van der Waals surface area contributed by atoms with E-state index in [-0.39, 0.29) is 11.7 Å². The van der Waals surface area contributed by atoms with Gasteiger partial charge in [0.2, 0.25) is 11.2 Å². The van der Waals surface area contributed by atoms with Gasteiger partial charge in [0.05, 0.1) is 12.4 Å². The van der Waals surface area contributed by atoms with E-state index in [0.29, 0.717) is 17.0 Å². The molecule has 0 saturated heterocycles. The maximum absolute atomic E-state index is 12.3. The van der Waals surface area contributed by atoms with E-state index < -0.39 is 29.6 Å². The summed E-state index contributed by atoms with van der Waals surface area (Å²) in [7, 11) is 3.09. The van der Waals surface area contributed by atoms with Gasteiger partial charge in [0.15, 0.2) is 17.0 Å². The fourth-order valence-corrected chi connectivity index (χ4v) is 3.47. The molecule has 1 amide bonds. The molecule has 0 aliphatic heterocycles. The highest BCUT2D eigenvalue weighted by Crippen LogP contribution is 2.45. The normalized spacial score (nSPS) is 28.7. The van der Waals surface area contributed by atoms with Crippen LogP contribution in [0.15, 0.2) is 6.33 Å². The zero-order valence-electron chi connectivity index (χ0n) is 13.6. The number of rotatable bonds is 3. The number of aromatic nitrogens is 4. The van der Waals surface area contributed by atoms with E-state index in [2.05, 4.69) is 31.5 Å². The smallest absolute Gasteiger partial charge is 0.240 e. The molecular formula is C15H17ClN6O3. The molecule has 4 N–H and O–H groups in total. The molecule has 2 heterocycles. The molecule has 132 valence electrons. The van der Waals surface area contributed by atoms with Gasteiger partial charge in [-0.3, -0.25) is 4.79 Å². The minimum absolute atomic E-state index is 0.00106. The minimum Gasteiger partial charge on any atom is -0.388 e. The Morgan fingerprint density at radius 3 is 2.80 bits per heavy atom. The molecule has 1 fully saturated rings. The van der Waals surface area contributed by atoms with Gasteiger partial charge in [0, 0.05) is 14.1 Å². The van der Waals surface area contributed by atoms with Gasteiger partial charge in [-0.25, -0.2) is 4.98 Å². The summed E-state index contributed by atoms with van der Waals surface area (Å²) in [5.74, 6) is 2.25. The Kier molecular flexibility index (Phi) is 4.28. The molecule has 1 unspecified atom stereocenters. The fourth-order valence-electron chi connectivity index (χ4n) is 3.30. The van der Waals surface area contributed by atoms with Gasteiger partial charge < -0.3 is 25.4 Å². The van der Waals surface area contributed by atoms with Crippen LogP contribution in [0, 0.1) is 17.8 Å². The summed E-state index contributed by atoms with van der Waals surface area (Å²) in [4.78, 5) is 24.7. The first-order valence-corrected chi connectivity index (χ1v) is 7.91. The highest BCUT2D eigenvalue weighted by atomic mass is 35.5. The first-order valence-electron chi connectivity index (χ1n) is 7.53. The van der Waals surface area contributed by atoms with Crippen LogP contribution in [0.3, 0.4) is 0 Å². The van der Waals surface area contributed by atoms with Crippen molar-refractivity contribution in [2.45, 2.75) is 24.7 Å². The average Bonchev–Trinajstić information content (AvgIpc) is 3.14. The molecule has 0 aromatic carbocycles. The number of aliphatic hydroxyl groups excluding tert-OH is 2. The van der Waals surface area contributed by atoms with E-state index in [4.69, 9.17) is 18.0 Å². The largest absolute Gasteiger partial charge is 0.388 e. The summed E-state index contributed by atoms with van der Waals surface area (Å²) in [6.07, 6.45) is 4.30. The second-order valence-corrected chi connectivity index (χ2v) is 6.16. The Bertz CT molecular complexity index is 878. The topological polar surface area (TPSA) is 125 Å². The summed E-state index contributed by atoms with van der Waals surface area (Å²) in [6, 6.07) is -0.705. The van der Waals surface area contributed by atoms with E-state index >= 15 is 0 Å². The number of aliphatic hydroxyl groups is 2. The number of carbonyl (C=O) groups is 1. The number of imidazole rings is 1. The van der Waals surface area contributed by atoms with Gasteiger partial charge >= 0.3 is 0 Å². The summed E-state index contributed by atoms with van der Waals surface area (Å²) in [5.41, 5.74) is -0.727. The average molecular weight is 365 g/mol. The Morgan fingerprint density at radius 2 is 2.20 bits per heavy atom. The fraction of sp³-hybridized carbons (Fsp3) is 0.467. The van der Waals surface area contributed by atoms with Crippen molar-refractivity contribution in [3.05, 3.63) is 11.6 Å². The van der Waals surface area contributed by atoms with Gasteiger partial charge in [-0.05, 0) is 18.0 Å². The monoisotopic (exact) mass is 364 g/mol. The Balaban J connectivity index is 2.12. The summed E-state index contributed by atoms with van der Waals surface area (Å²) in [6.45, 7) is 0. The maximum Gasteiger partial charge on any atom is 0.240 e. The second kappa shape index (κ2) is 6.15. The van der Waals surface area contributed by atoms with Gasteiger partial charge in [-0.15, -0.1) is 6.42 Å². The molecule has 2 aromatic heterocycles. The molecule has 0 spiro atoms. The van der Waals surface area contributed by atoms with Crippen molar-refractivity contribution < 1.29 is 15.0 Å². The lowest BCUT2D eigenvalue weighted by molar-refractivity contribution is -0.133. The van der Waals surface area contributed by atoms with E-state index in [0.717, 1.165) is 0 Å². The molecule has 9 nitrogen and oxygen atoms in total. The molecule has 3 rings (SSSR count). The van der Waals surface area contributed by atoms with Crippen molar-refractivity contribution in [1.29, 1.82) is 0 Å². The van der Waals surface area contributed by atoms with Crippen LogP contribution in [0.5, 0.6) is 0 Å². The van der Waals surface area contributed by atoms with Gasteiger partial charge in [0.1, 0.15) is 17.6 Å². The molecular weight excluding hydrogens is 348 g/mol. The first kappa shape index (κ1) is 17.4. The van der Waals surface area contributed by atoms with Crippen molar-refractivity contribution in [1.82, 2.24) is 24.8 Å². The zero-order valence-corrected chi connectivity index (χ0v) is 14.3. The van der Waals surface area contributed by atoms with E-state index in [9.17, 15) is 15.0 Å². The van der Waals surface area contributed by atoms with Crippen LogP contribution in [0.25, 0.3) is 11.2 Å². The van der Waals surface area contributed by atoms with Crippen LogP contribution in [0.1, 0.15) is 12.5 Å². The molecule has 10 heteroatoms. The molecule has 0 radical (unpaired) electrons. The van der Waals surface area contributed by atoms with Crippen molar-refractivity contribution in [3.8, 4) is 12.3 Å². The quantitative estimate of drug-likeness (QED) is 0.429. The molecule has 4 atom stereocenters. The Morgan fingerprint density at radius 1 is 1.48 bits per heavy atom. The van der Waals surface area contributed by atoms with Crippen LogP contribution in [0.4, 0.5) is 5.82 Å². The number of nitrogens with zero attached hydrogens (tertiary/aromatic N) is 4. The van der Waals surface area contributed by atoms with Crippen LogP contribution in [-0.2, 0) is 4.79 Å². The third-order valence-corrected chi connectivity index (χ3v) is 4.80. The number of terminal acetylenes is 1. The standard InChI is InChI=1S/C15H17ClN6O3/c1-4-15(13(25)18-3)5-7(9(23)10(15)24)22-6-19-8-11(17-2)20-14(16)21-12(8)22/h1,6-7,9-10,23-24H,5H2,2-3H3,(H,18,25)(H,17,20,21)/t7-,9+,10+,15?/m1/s1. The predicted molar refractivity (Wildman–Crippen MR) is 90.9 cm³/mol. The summed E-state index contributed by atoms with van der Waals surface area (Å²) < 4.78 is 1.56. The predicted octanol–water partition coefficient (Wildman–Crippen LogP) is -0.446. The van der Waals surface area contributed by atoms with Crippen molar-refractivity contribution in [2.75, 3.05) is 19.4 Å². The van der Waals surface area contributed by atoms with E-state index in [1.165, 1.54) is 13.4 Å². The molecule has 1 saturated carbocycles. The lowest BCUT2D eigenvalue weighted by Gasteiger charge is -2.24. The van der Waals surface area contributed by atoms with Crippen LogP contribution in [-0.4, -0.2) is 61.9 Å². The number of hydrogen-bond acceptors (Lipinski definition) is 7. The van der Waals surface area contributed by atoms with Crippen molar-refractivity contribution in [3.63, 3.8) is 0 Å². The Labute approximate surface area is 148 Å². The van der Waals surface area contributed by atoms with Crippen LogP contribution >= 0.6 is 11.6 Å². The SMILES string of the molecule is C#CC1(C(=O)NC)C[C@@H](n2cnc3c(NC)nc(Cl)nc32)[C@H](O)[C@@H]1O. The third-order valence-electron chi connectivity index (χ3n) is 4.63. The number of amides is 1. The number of nitrogens with one attached hydrogen (secondary N) is 2.